The maximum absolute atomic E-state index is 12.2. The van der Waals surface area contributed by atoms with Gasteiger partial charge in [0.1, 0.15) is 0 Å². The summed E-state index contributed by atoms with van der Waals surface area (Å²) < 4.78 is 23.8. The minimum atomic E-state index is -3.03. The first kappa shape index (κ1) is 17.9. The van der Waals surface area contributed by atoms with Crippen LogP contribution in [0, 0.1) is 5.92 Å². The molecule has 1 heterocycles. The number of sulfone groups is 1. The molecule has 1 saturated heterocycles. The van der Waals surface area contributed by atoms with Crippen molar-refractivity contribution < 1.29 is 8.42 Å². The lowest BCUT2D eigenvalue weighted by molar-refractivity contribution is 0.125. The summed E-state index contributed by atoms with van der Waals surface area (Å²) in [5, 5.41) is 3.59. The predicted molar refractivity (Wildman–Crippen MR) is 85.8 cm³/mol. The molecule has 1 aliphatic rings. The molecule has 3 atom stereocenters. The van der Waals surface area contributed by atoms with Gasteiger partial charge in [-0.25, -0.2) is 8.42 Å². The summed E-state index contributed by atoms with van der Waals surface area (Å²) in [7, 11) is -3.03. The van der Waals surface area contributed by atoms with Gasteiger partial charge in [-0.3, -0.25) is 4.90 Å². The maximum atomic E-state index is 12.2. The molecule has 0 spiro atoms. The Labute approximate surface area is 125 Å². The fourth-order valence-electron chi connectivity index (χ4n) is 2.47. The molecule has 0 radical (unpaired) electrons. The van der Waals surface area contributed by atoms with Crippen molar-refractivity contribution in [1.29, 1.82) is 0 Å². The first-order chi connectivity index (χ1) is 9.08. The second-order valence-electron chi connectivity index (χ2n) is 7.18. The van der Waals surface area contributed by atoms with E-state index in [2.05, 4.69) is 31.0 Å². The molecule has 0 bridgehead atoms. The van der Waals surface area contributed by atoms with Crippen molar-refractivity contribution in [3.63, 3.8) is 0 Å². The highest BCUT2D eigenvalue weighted by molar-refractivity contribution is 7.92. The molecule has 1 N–H and O–H groups in total. The summed E-state index contributed by atoms with van der Waals surface area (Å²) in [4.78, 5) is 2.33. The Morgan fingerprint density at radius 1 is 1.35 bits per heavy atom. The molecule has 0 amide bonds. The fourth-order valence-corrected chi connectivity index (χ4v) is 3.56. The Kier molecular flexibility index (Phi) is 6.05. The van der Waals surface area contributed by atoms with Crippen LogP contribution in [0.25, 0.3) is 0 Å². The van der Waals surface area contributed by atoms with Gasteiger partial charge in [0, 0.05) is 31.7 Å². The van der Waals surface area contributed by atoms with Gasteiger partial charge >= 0.3 is 0 Å². The third kappa shape index (κ3) is 4.43. The monoisotopic (exact) mass is 304 g/mol. The number of hydrogen-bond acceptors (Lipinski definition) is 4. The lowest BCUT2D eigenvalue weighted by Crippen LogP contribution is -2.58. The molecular weight excluding hydrogens is 272 g/mol. The maximum Gasteiger partial charge on any atom is 0.156 e. The molecule has 5 heteroatoms. The van der Waals surface area contributed by atoms with Crippen LogP contribution in [0.2, 0.25) is 0 Å². The summed E-state index contributed by atoms with van der Waals surface area (Å²) in [6.07, 6.45) is 1.15. The van der Waals surface area contributed by atoms with E-state index in [-0.39, 0.29) is 5.75 Å². The molecule has 0 aromatic rings. The third-order valence-electron chi connectivity index (χ3n) is 4.64. The Morgan fingerprint density at radius 3 is 2.45 bits per heavy atom. The summed E-state index contributed by atoms with van der Waals surface area (Å²) in [5.74, 6) is 0.887. The van der Waals surface area contributed by atoms with Crippen LogP contribution < -0.4 is 5.32 Å². The van der Waals surface area contributed by atoms with Crippen LogP contribution in [-0.4, -0.2) is 55.5 Å². The SMILES string of the molecule is CCC(C)C1CN(CCS(=O)(=O)C(C)(C)C)C(C)CN1. The Bertz CT molecular complexity index is 401. The second-order valence-corrected chi connectivity index (χ2v) is 10.0. The van der Waals surface area contributed by atoms with E-state index in [1.54, 1.807) is 20.8 Å². The van der Waals surface area contributed by atoms with Crippen LogP contribution in [0.1, 0.15) is 48.0 Å². The highest BCUT2D eigenvalue weighted by atomic mass is 32.2. The molecule has 0 aromatic heterocycles. The lowest BCUT2D eigenvalue weighted by atomic mass is 9.96. The zero-order valence-electron chi connectivity index (χ0n) is 13.9. The zero-order chi connectivity index (χ0) is 15.6. The molecule has 120 valence electrons. The Balaban J connectivity index is 2.62. The van der Waals surface area contributed by atoms with Crippen molar-refractivity contribution in [2.75, 3.05) is 25.4 Å². The molecule has 4 nitrogen and oxygen atoms in total. The first-order valence-electron chi connectivity index (χ1n) is 7.78. The number of nitrogens with one attached hydrogen (secondary N) is 1. The average Bonchev–Trinajstić information content (AvgIpc) is 2.35. The fraction of sp³-hybridized carbons (Fsp3) is 1.00. The van der Waals surface area contributed by atoms with Crippen LogP contribution in [0.15, 0.2) is 0 Å². The summed E-state index contributed by atoms with van der Waals surface area (Å²) in [5.41, 5.74) is 0. The highest BCUT2D eigenvalue weighted by Gasteiger charge is 2.32. The van der Waals surface area contributed by atoms with E-state index in [1.165, 1.54) is 0 Å². The van der Waals surface area contributed by atoms with E-state index < -0.39 is 14.6 Å². The molecule has 1 aliphatic heterocycles. The van der Waals surface area contributed by atoms with E-state index in [1.807, 2.05) is 0 Å². The topological polar surface area (TPSA) is 49.4 Å². The summed E-state index contributed by atoms with van der Waals surface area (Å²) in [6.45, 7) is 14.5. The number of hydrogen-bond donors (Lipinski definition) is 1. The van der Waals surface area contributed by atoms with Crippen molar-refractivity contribution in [3.05, 3.63) is 0 Å². The Morgan fingerprint density at radius 2 is 1.95 bits per heavy atom. The van der Waals surface area contributed by atoms with Gasteiger partial charge in [-0.15, -0.1) is 0 Å². The number of rotatable bonds is 5. The van der Waals surface area contributed by atoms with Gasteiger partial charge in [0.2, 0.25) is 0 Å². The molecule has 0 aromatic carbocycles. The Hall–Kier alpha value is -0.130. The minimum Gasteiger partial charge on any atom is -0.311 e. The zero-order valence-corrected chi connectivity index (χ0v) is 14.8. The quantitative estimate of drug-likeness (QED) is 0.843. The second kappa shape index (κ2) is 6.75. The number of nitrogens with zero attached hydrogens (tertiary/aromatic N) is 1. The lowest BCUT2D eigenvalue weighted by Gasteiger charge is -2.41. The van der Waals surface area contributed by atoms with Gasteiger partial charge in [0.15, 0.2) is 9.84 Å². The van der Waals surface area contributed by atoms with Crippen LogP contribution in [0.3, 0.4) is 0 Å². The van der Waals surface area contributed by atoms with Crippen molar-refractivity contribution in [1.82, 2.24) is 10.2 Å². The van der Waals surface area contributed by atoms with Gasteiger partial charge in [-0.2, -0.15) is 0 Å². The molecule has 3 unspecified atom stereocenters. The van der Waals surface area contributed by atoms with Gasteiger partial charge in [-0.05, 0) is 33.6 Å². The standard InChI is InChI=1S/C15H32N2O2S/c1-7-12(2)14-11-17(13(3)10-16-14)8-9-20(18,19)15(4,5)6/h12-14,16H,7-11H2,1-6H3. The predicted octanol–water partition coefficient (Wildman–Crippen LogP) is 1.91. The number of piperazine rings is 1. The summed E-state index contributed by atoms with van der Waals surface area (Å²) >= 11 is 0. The minimum absolute atomic E-state index is 0.258. The molecule has 20 heavy (non-hydrogen) atoms. The van der Waals surface area contributed by atoms with E-state index in [0.717, 1.165) is 19.5 Å². The molecule has 1 rings (SSSR count). The largest absolute Gasteiger partial charge is 0.311 e. The van der Waals surface area contributed by atoms with Crippen LogP contribution in [0.5, 0.6) is 0 Å². The van der Waals surface area contributed by atoms with Crippen molar-refractivity contribution in [3.8, 4) is 0 Å². The van der Waals surface area contributed by atoms with E-state index in [4.69, 9.17) is 0 Å². The van der Waals surface area contributed by atoms with Gasteiger partial charge in [0.05, 0.1) is 10.5 Å². The average molecular weight is 304 g/mol. The van der Waals surface area contributed by atoms with Crippen molar-refractivity contribution in [2.24, 2.45) is 5.92 Å². The molecule has 0 aliphatic carbocycles. The smallest absolute Gasteiger partial charge is 0.156 e. The van der Waals surface area contributed by atoms with Crippen LogP contribution >= 0.6 is 0 Å². The first-order valence-corrected chi connectivity index (χ1v) is 9.43. The molecule has 0 saturated carbocycles. The summed E-state index contributed by atoms with van der Waals surface area (Å²) in [6, 6.07) is 0.888. The van der Waals surface area contributed by atoms with E-state index >= 15 is 0 Å². The third-order valence-corrected chi connectivity index (χ3v) is 7.23. The van der Waals surface area contributed by atoms with E-state index in [0.29, 0.717) is 24.5 Å². The molecule has 1 fully saturated rings. The highest BCUT2D eigenvalue weighted by Crippen LogP contribution is 2.19. The van der Waals surface area contributed by atoms with Gasteiger partial charge in [0.25, 0.3) is 0 Å². The normalized spacial score (nSPS) is 27.5. The van der Waals surface area contributed by atoms with Gasteiger partial charge in [-0.1, -0.05) is 20.3 Å². The van der Waals surface area contributed by atoms with Crippen molar-refractivity contribution >= 4 is 9.84 Å². The van der Waals surface area contributed by atoms with Gasteiger partial charge < -0.3 is 5.32 Å². The van der Waals surface area contributed by atoms with E-state index in [9.17, 15) is 8.42 Å². The van der Waals surface area contributed by atoms with Crippen LogP contribution in [-0.2, 0) is 9.84 Å². The molecular formula is C15H32N2O2S. The van der Waals surface area contributed by atoms with Crippen LogP contribution in [0.4, 0.5) is 0 Å². The van der Waals surface area contributed by atoms with Crippen molar-refractivity contribution in [2.45, 2.75) is 64.8 Å².